The lowest BCUT2D eigenvalue weighted by molar-refractivity contribution is -0.123. The van der Waals surface area contributed by atoms with Gasteiger partial charge in [-0.3, -0.25) is 14.4 Å². The number of phenolic OH excluding ortho intramolecular Hbond substituents is 1. The highest BCUT2D eigenvalue weighted by Gasteiger charge is 2.55. The summed E-state index contributed by atoms with van der Waals surface area (Å²) in [4.78, 5) is 40.0. The molecule has 0 radical (unpaired) electrons. The maximum absolute atomic E-state index is 14.0. The van der Waals surface area contributed by atoms with Crippen molar-refractivity contribution in [1.29, 1.82) is 0 Å². The fourth-order valence-corrected chi connectivity index (χ4v) is 5.85. The lowest BCUT2D eigenvalue weighted by Crippen LogP contribution is -2.38. The van der Waals surface area contributed by atoms with Crippen molar-refractivity contribution in [2.45, 2.75) is 39.3 Å². The Morgan fingerprint density at radius 3 is 2.47 bits per heavy atom. The van der Waals surface area contributed by atoms with Crippen LogP contribution < -0.4 is 14.8 Å². The number of ketones is 2. The SMILES string of the molecule is CC(=O)C1=C(O)C=C2Oc3c(C(=O)NCc4c(C)ccc5ccccc45)c(OCc4ccccc4)cc(O)c3[C@]2(C)C1=O. The summed E-state index contributed by atoms with van der Waals surface area (Å²) in [6, 6.07) is 22.5. The second kappa shape index (κ2) is 10.5. The van der Waals surface area contributed by atoms with Crippen LogP contribution in [0.15, 0.2) is 96.0 Å². The molecule has 0 saturated carbocycles. The van der Waals surface area contributed by atoms with E-state index in [0.717, 1.165) is 27.5 Å². The summed E-state index contributed by atoms with van der Waals surface area (Å²) >= 11 is 0. The molecule has 8 nitrogen and oxygen atoms in total. The van der Waals surface area contributed by atoms with Crippen molar-refractivity contribution in [2.75, 3.05) is 0 Å². The van der Waals surface area contributed by atoms with Gasteiger partial charge in [-0.2, -0.15) is 0 Å². The molecule has 0 unspecified atom stereocenters. The molecule has 3 N–H and O–H groups in total. The predicted molar refractivity (Wildman–Crippen MR) is 160 cm³/mol. The zero-order chi connectivity index (χ0) is 30.5. The summed E-state index contributed by atoms with van der Waals surface area (Å²) in [5.41, 5.74) is 0.728. The minimum atomic E-state index is -1.65. The summed E-state index contributed by atoms with van der Waals surface area (Å²) in [6.07, 6.45) is 1.18. The highest BCUT2D eigenvalue weighted by atomic mass is 16.5. The molecule has 4 aromatic carbocycles. The molecule has 0 aromatic heterocycles. The van der Waals surface area contributed by atoms with E-state index in [4.69, 9.17) is 9.47 Å². The predicted octanol–water partition coefficient (Wildman–Crippen LogP) is 5.88. The van der Waals surface area contributed by atoms with E-state index < -0.39 is 34.2 Å². The van der Waals surface area contributed by atoms with Crippen molar-refractivity contribution in [3.63, 3.8) is 0 Å². The standard InChI is InChI=1S/C35H29NO7/c1-19-13-14-22-11-7-8-12-23(22)24(19)17-36-34(41)30-27(42-18-21-9-5-4-6-10-21)15-26(39)31-32(30)43-28-16-25(38)29(20(2)37)33(40)35(28,31)3/h4-16,38-39H,17-18H2,1-3H3,(H,36,41)/t35-/m1/s1. The topological polar surface area (TPSA) is 122 Å². The molecule has 8 heteroatoms. The van der Waals surface area contributed by atoms with Crippen LogP contribution in [0.25, 0.3) is 10.8 Å². The smallest absolute Gasteiger partial charge is 0.259 e. The van der Waals surface area contributed by atoms with Gasteiger partial charge < -0.3 is 25.0 Å². The van der Waals surface area contributed by atoms with Gasteiger partial charge in [-0.05, 0) is 48.2 Å². The molecule has 0 bridgehead atoms. The number of benzene rings is 4. The van der Waals surface area contributed by atoms with Crippen molar-refractivity contribution in [2.24, 2.45) is 0 Å². The Balaban J connectivity index is 1.44. The van der Waals surface area contributed by atoms with Crippen molar-refractivity contribution >= 4 is 28.2 Å². The average molecular weight is 576 g/mol. The van der Waals surface area contributed by atoms with E-state index in [1.807, 2.05) is 73.7 Å². The molecule has 6 rings (SSSR count). The van der Waals surface area contributed by atoms with E-state index in [2.05, 4.69) is 5.32 Å². The molecule has 1 heterocycles. The first-order valence-corrected chi connectivity index (χ1v) is 13.8. The second-order valence-corrected chi connectivity index (χ2v) is 10.9. The first kappa shape index (κ1) is 27.8. The Kier molecular flexibility index (Phi) is 6.77. The van der Waals surface area contributed by atoms with Crippen molar-refractivity contribution in [1.82, 2.24) is 5.32 Å². The van der Waals surface area contributed by atoms with Gasteiger partial charge in [-0.25, -0.2) is 0 Å². The van der Waals surface area contributed by atoms with Crippen LogP contribution >= 0.6 is 0 Å². The lowest BCUT2D eigenvalue weighted by Gasteiger charge is -2.27. The molecule has 2 aliphatic rings. The molecule has 4 aromatic rings. The van der Waals surface area contributed by atoms with Gasteiger partial charge in [0.15, 0.2) is 17.3 Å². The number of allylic oxidation sites excluding steroid dienone is 3. The first-order valence-electron chi connectivity index (χ1n) is 13.8. The quantitative estimate of drug-likeness (QED) is 0.235. The van der Waals surface area contributed by atoms with Gasteiger partial charge >= 0.3 is 0 Å². The zero-order valence-electron chi connectivity index (χ0n) is 23.9. The Bertz CT molecular complexity index is 1900. The van der Waals surface area contributed by atoms with E-state index >= 15 is 0 Å². The molecule has 0 fully saturated rings. The zero-order valence-corrected chi connectivity index (χ0v) is 23.9. The Morgan fingerprint density at radius 1 is 1.00 bits per heavy atom. The van der Waals surface area contributed by atoms with Crippen LogP contribution in [0.2, 0.25) is 0 Å². The van der Waals surface area contributed by atoms with E-state index in [-0.39, 0.29) is 47.3 Å². The van der Waals surface area contributed by atoms with Gasteiger partial charge in [0.25, 0.3) is 5.91 Å². The number of hydrogen-bond donors (Lipinski definition) is 3. The fourth-order valence-electron chi connectivity index (χ4n) is 5.85. The monoisotopic (exact) mass is 575 g/mol. The molecule has 1 aliphatic heterocycles. The number of nitrogens with one attached hydrogen (secondary N) is 1. The molecule has 1 atom stereocenters. The van der Waals surface area contributed by atoms with E-state index in [1.165, 1.54) is 26.0 Å². The minimum Gasteiger partial charge on any atom is -0.507 e. The number of Topliss-reactive ketones (excluding diaryl/α,β-unsaturated/α-hetero) is 2. The van der Waals surface area contributed by atoms with Crippen LogP contribution in [0.5, 0.6) is 17.2 Å². The van der Waals surface area contributed by atoms with Crippen molar-refractivity contribution in [3.05, 3.63) is 124 Å². The third kappa shape index (κ3) is 4.52. The fraction of sp³-hybridized carbons (Fsp3) is 0.171. The average Bonchev–Trinajstić information content (AvgIpc) is 3.29. The number of carbonyl (C=O) groups is 3. The van der Waals surface area contributed by atoms with Crippen molar-refractivity contribution < 1.29 is 34.1 Å². The normalized spacial score (nSPS) is 17.2. The Morgan fingerprint density at radius 2 is 1.72 bits per heavy atom. The summed E-state index contributed by atoms with van der Waals surface area (Å²) in [5.74, 6) is -2.83. The first-order chi connectivity index (χ1) is 20.6. The van der Waals surface area contributed by atoms with Gasteiger partial charge in [0.05, 0.1) is 5.56 Å². The second-order valence-electron chi connectivity index (χ2n) is 10.9. The number of amides is 1. The van der Waals surface area contributed by atoms with Gasteiger partial charge in [-0.1, -0.05) is 66.7 Å². The molecule has 0 spiro atoms. The number of rotatable bonds is 7. The van der Waals surface area contributed by atoms with Crippen LogP contribution in [0.1, 0.15) is 46.5 Å². The third-order valence-electron chi connectivity index (χ3n) is 8.15. The van der Waals surface area contributed by atoms with E-state index in [0.29, 0.717) is 0 Å². The van der Waals surface area contributed by atoms with Crippen LogP contribution in [-0.2, 0) is 28.2 Å². The number of aliphatic hydroxyl groups excluding tert-OH is 1. The summed E-state index contributed by atoms with van der Waals surface area (Å²) < 4.78 is 12.2. The van der Waals surface area contributed by atoms with Crippen LogP contribution in [-0.4, -0.2) is 27.7 Å². The van der Waals surface area contributed by atoms with Gasteiger partial charge in [-0.15, -0.1) is 0 Å². The molecule has 0 saturated heterocycles. The number of aromatic hydroxyl groups is 1. The maximum atomic E-state index is 14.0. The number of carbonyl (C=O) groups excluding carboxylic acids is 3. The molecule has 1 aliphatic carbocycles. The van der Waals surface area contributed by atoms with Crippen LogP contribution in [0.4, 0.5) is 0 Å². The Hall–Kier alpha value is -5.37. The van der Waals surface area contributed by atoms with Gasteiger partial charge in [0, 0.05) is 18.7 Å². The largest absolute Gasteiger partial charge is 0.507 e. The number of fused-ring (bicyclic) bond motifs is 4. The minimum absolute atomic E-state index is 0.00976. The third-order valence-corrected chi connectivity index (χ3v) is 8.15. The molecular weight excluding hydrogens is 546 g/mol. The lowest BCUT2D eigenvalue weighted by atomic mass is 9.71. The Labute approximate surface area is 247 Å². The molecule has 216 valence electrons. The number of hydrogen-bond acceptors (Lipinski definition) is 7. The number of phenols is 1. The maximum Gasteiger partial charge on any atom is 0.259 e. The molecule has 43 heavy (non-hydrogen) atoms. The number of aliphatic hydroxyl groups is 1. The van der Waals surface area contributed by atoms with Crippen LogP contribution in [0, 0.1) is 6.92 Å². The number of aryl methyl sites for hydroxylation is 1. The van der Waals surface area contributed by atoms with Gasteiger partial charge in [0.1, 0.15) is 46.2 Å². The number of ether oxygens (including phenoxy) is 2. The van der Waals surface area contributed by atoms with Crippen molar-refractivity contribution in [3.8, 4) is 17.2 Å². The summed E-state index contributed by atoms with van der Waals surface area (Å²) in [6.45, 7) is 4.93. The molecule has 1 amide bonds. The summed E-state index contributed by atoms with van der Waals surface area (Å²) in [5, 5.41) is 26.8. The highest BCUT2D eigenvalue weighted by Crippen LogP contribution is 2.56. The molecular formula is C35H29NO7. The van der Waals surface area contributed by atoms with E-state index in [9.17, 15) is 24.6 Å². The summed E-state index contributed by atoms with van der Waals surface area (Å²) in [7, 11) is 0. The van der Waals surface area contributed by atoms with Crippen LogP contribution in [0.3, 0.4) is 0 Å². The van der Waals surface area contributed by atoms with Gasteiger partial charge in [0.2, 0.25) is 0 Å². The highest BCUT2D eigenvalue weighted by molar-refractivity contribution is 6.25. The van der Waals surface area contributed by atoms with E-state index in [1.54, 1.807) is 0 Å².